The number of hydrogen-bond acceptors (Lipinski definition) is 4. The molecular formula is C20H16ClFN2O2. The number of fused-ring (bicyclic) bond motifs is 1. The molecular weight excluding hydrogens is 355 g/mol. The average Bonchev–Trinajstić information content (AvgIpc) is 3.05. The van der Waals surface area contributed by atoms with Gasteiger partial charge < -0.3 is 4.42 Å². The van der Waals surface area contributed by atoms with Crippen molar-refractivity contribution in [2.45, 2.75) is 13.0 Å². The van der Waals surface area contributed by atoms with Crippen molar-refractivity contribution < 1.29 is 13.6 Å². The Morgan fingerprint density at radius 3 is 2.81 bits per heavy atom. The van der Waals surface area contributed by atoms with E-state index in [-0.39, 0.29) is 18.1 Å². The molecule has 0 atom stereocenters. The highest BCUT2D eigenvalue weighted by Gasteiger charge is 2.24. The SMILES string of the molecule is O=C(CN1CCc2oc(-c3cccc(Cl)c3)nc2C1)c1ccc(F)cc1. The maximum Gasteiger partial charge on any atom is 0.226 e. The van der Waals surface area contributed by atoms with Crippen LogP contribution < -0.4 is 0 Å². The fraction of sp³-hybridized carbons (Fsp3) is 0.200. The van der Waals surface area contributed by atoms with Gasteiger partial charge in [0.25, 0.3) is 0 Å². The molecule has 4 rings (SSSR count). The maximum atomic E-state index is 13.0. The van der Waals surface area contributed by atoms with E-state index in [0.29, 0.717) is 36.0 Å². The van der Waals surface area contributed by atoms with E-state index in [2.05, 4.69) is 4.98 Å². The van der Waals surface area contributed by atoms with Gasteiger partial charge in [-0.05, 0) is 42.5 Å². The Bertz CT molecular complexity index is 953. The molecule has 0 bridgehead atoms. The molecule has 0 saturated carbocycles. The number of benzene rings is 2. The maximum absolute atomic E-state index is 13.0. The van der Waals surface area contributed by atoms with Crippen LogP contribution in [0.2, 0.25) is 5.02 Å². The van der Waals surface area contributed by atoms with Gasteiger partial charge in [0.05, 0.1) is 12.2 Å². The lowest BCUT2D eigenvalue weighted by molar-refractivity contribution is 0.0918. The number of carbonyl (C=O) groups is 1. The number of halogens is 2. The van der Waals surface area contributed by atoms with Crippen LogP contribution in [0.1, 0.15) is 21.8 Å². The van der Waals surface area contributed by atoms with Gasteiger partial charge in [-0.1, -0.05) is 17.7 Å². The zero-order valence-electron chi connectivity index (χ0n) is 13.9. The molecule has 2 aromatic carbocycles. The van der Waals surface area contributed by atoms with Crippen LogP contribution in [0.15, 0.2) is 52.9 Å². The van der Waals surface area contributed by atoms with Crippen molar-refractivity contribution in [2.75, 3.05) is 13.1 Å². The molecule has 0 amide bonds. The van der Waals surface area contributed by atoms with Crippen LogP contribution in [0.25, 0.3) is 11.5 Å². The number of ketones is 1. The van der Waals surface area contributed by atoms with Crippen LogP contribution in [-0.4, -0.2) is 28.8 Å². The van der Waals surface area contributed by atoms with Crippen molar-refractivity contribution >= 4 is 17.4 Å². The number of hydrogen-bond donors (Lipinski definition) is 0. The van der Waals surface area contributed by atoms with Crippen LogP contribution in [0, 0.1) is 5.82 Å². The second kappa shape index (κ2) is 7.02. The molecule has 1 aliphatic heterocycles. The minimum absolute atomic E-state index is 0.0352. The first-order valence-electron chi connectivity index (χ1n) is 8.34. The molecule has 0 fully saturated rings. The van der Waals surface area contributed by atoms with E-state index in [1.807, 2.05) is 23.1 Å². The molecule has 4 nitrogen and oxygen atoms in total. The van der Waals surface area contributed by atoms with Crippen molar-refractivity contribution in [3.63, 3.8) is 0 Å². The summed E-state index contributed by atoms with van der Waals surface area (Å²) in [4.78, 5) is 19.0. The summed E-state index contributed by atoms with van der Waals surface area (Å²) in [7, 11) is 0. The predicted molar refractivity (Wildman–Crippen MR) is 96.7 cm³/mol. The molecule has 0 N–H and O–H groups in total. The molecule has 0 saturated heterocycles. The molecule has 0 radical (unpaired) electrons. The van der Waals surface area contributed by atoms with Gasteiger partial charge in [0.15, 0.2) is 5.78 Å². The first-order valence-corrected chi connectivity index (χ1v) is 8.72. The normalized spacial score (nSPS) is 14.2. The third-order valence-electron chi connectivity index (χ3n) is 4.41. The van der Waals surface area contributed by atoms with E-state index in [0.717, 1.165) is 17.0 Å². The highest BCUT2D eigenvalue weighted by atomic mass is 35.5. The van der Waals surface area contributed by atoms with Crippen LogP contribution in [0.3, 0.4) is 0 Å². The topological polar surface area (TPSA) is 46.3 Å². The number of rotatable bonds is 4. The third kappa shape index (κ3) is 3.54. The zero-order chi connectivity index (χ0) is 18.1. The Labute approximate surface area is 155 Å². The van der Waals surface area contributed by atoms with Crippen molar-refractivity contribution in [2.24, 2.45) is 0 Å². The largest absolute Gasteiger partial charge is 0.441 e. The van der Waals surface area contributed by atoms with Crippen LogP contribution in [0.4, 0.5) is 4.39 Å². The summed E-state index contributed by atoms with van der Waals surface area (Å²) in [6.45, 7) is 1.53. The van der Waals surface area contributed by atoms with E-state index in [1.54, 1.807) is 6.07 Å². The molecule has 1 aromatic heterocycles. The highest BCUT2D eigenvalue weighted by molar-refractivity contribution is 6.30. The number of oxazole rings is 1. The van der Waals surface area contributed by atoms with E-state index >= 15 is 0 Å². The van der Waals surface area contributed by atoms with Crippen LogP contribution >= 0.6 is 11.6 Å². The number of aromatic nitrogens is 1. The van der Waals surface area contributed by atoms with Gasteiger partial charge in [0, 0.05) is 35.7 Å². The summed E-state index contributed by atoms with van der Waals surface area (Å²) in [6, 6.07) is 13.0. The fourth-order valence-corrected chi connectivity index (χ4v) is 3.25. The molecule has 132 valence electrons. The third-order valence-corrected chi connectivity index (χ3v) is 4.65. The van der Waals surface area contributed by atoms with Crippen molar-refractivity contribution in [1.29, 1.82) is 0 Å². The minimum Gasteiger partial charge on any atom is -0.441 e. The smallest absolute Gasteiger partial charge is 0.226 e. The summed E-state index contributed by atoms with van der Waals surface area (Å²) in [6.07, 6.45) is 0.694. The van der Waals surface area contributed by atoms with Crippen molar-refractivity contribution in [1.82, 2.24) is 9.88 Å². The fourth-order valence-electron chi connectivity index (χ4n) is 3.06. The summed E-state index contributed by atoms with van der Waals surface area (Å²) >= 11 is 6.03. The molecule has 0 spiro atoms. The molecule has 6 heteroatoms. The second-order valence-corrected chi connectivity index (χ2v) is 6.73. The Kier molecular flexibility index (Phi) is 4.57. The van der Waals surface area contributed by atoms with Crippen molar-refractivity contribution in [3.05, 3.63) is 76.4 Å². The van der Waals surface area contributed by atoms with E-state index < -0.39 is 0 Å². The summed E-state index contributed by atoms with van der Waals surface area (Å²) in [5.74, 6) is 1.02. The van der Waals surface area contributed by atoms with Gasteiger partial charge >= 0.3 is 0 Å². The molecule has 3 aromatic rings. The van der Waals surface area contributed by atoms with Crippen LogP contribution in [0.5, 0.6) is 0 Å². The lowest BCUT2D eigenvalue weighted by Crippen LogP contribution is -2.34. The average molecular weight is 371 g/mol. The zero-order valence-corrected chi connectivity index (χ0v) is 14.7. The van der Waals surface area contributed by atoms with Gasteiger partial charge in [0.2, 0.25) is 5.89 Å². The lowest BCUT2D eigenvalue weighted by atomic mass is 10.1. The van der Waals surface area contributed by atoms with Gasteiger partial charge in [-0.2, -0.15) is 0 Å². The summed E-state index contributed by atoms with van der Waals surface area (Å²) in [5, 5.41) is 0.630. The molecule has 0 aliphatic carbocycles. The highest BCUT2D eigenvalue weighted by Crippen LogP contribution is 2.27. The Morgan fingerprint density at radius 1 is 1.23 bits per heavy atom. The molecule has 0 unspecified atom stereocenters. The van der Waals surface area contributed by atoms with E-state index in [4.69, 9.17) is 16.0 Å². The molecule has 26 heavy (non-hydrogen) atoms. The van der Waals surface area contributed by atoms with Crippen LogP contribution in [-0.2, 0) is 13.0 Å². The van der Waals surface area contributed by atoms with Crippen molar-refractivity contribution in [3.8, 4) is 11.5 Å². The van der Waals surface area contributed by atoms with Gasteiger partial charge in [-0.15, -0.1) is 0 Å². The Balaban J connectivity index is 1.48. The minimum atomic E-state index is -0.347. The van der Waals surface area contributed by atoms with Gasteiger partial charge in [-0.3, -0.25) is 9.69 Å². The molecule has 1 aliphatic rings. The molecule has 2 heterocycles. The van der Waals surface area contributed by atoms with E-state index in [1.165, 1.54) is 24.3 Å². The summed E-state index contributed by atoms with van der Waals surface area (Å²) < 4.78 is 18.9. The first-order chi connectivity index (χ1) is 12.6. The second-order valence-electron chi connectivity index (χ2n) is 6.29. The number of nitrogens with zero attached hydrogens (tertiary/aromatic N) is 2. The van der Waals surface area contributed by atoms with E-state index in [9.17, 15) is 9.18 Å². The number of carbonyl (C=O) groups excluding carboxylic acids is 1. The standard InChI is InChI=1S/C20H16ClFN2O2/c21-15-3-1-2-14(10-15)20-23-17-11-24(9-8-19(17)26-20)12-18(25)13-4-6-16(22)7-5-13/h1-7,10H,8-9,11-12H2. The predicted octanol–water partition coefficient (Wildman–Crippen LogP) is 4.38. The Hall–Kier alpha value is -2.50. The van der Waals surface area contributed by atoms with Gasteiger partial charge in [0.1, 0.15) is 11.6 Å². The van der Waals surface area contributed by atoms with Gasteiger partial charge in [-0.25, -0.2) is 9.37 Å². The lowest BCUT2D eigenvalue weighted by Gasteiger charge is -2.24. The summed E-state index contributed by atoms with van der Waals surface area (Å²) in [5.41, 5.74) is 2.19. The first kappa shape index (κ1) is 16.9. The number of Topliss-reactive ketones (excluding diaryl/α,β-unsaturated/α-hetero) is 1. The monoisotopic (exact) mass is 370 g/mol. The Morgan fingerprint density at radius 2 is 2.04 bits per heavy atom. The quantitative estimate of drug-likeness (QED) is 0.639.